The molecule has 3 aliphatic rings. The zero-order valence-electron chi connectivity index (χ0n) is 17.7. The predicted molar refractivity (Wildman–Crippen MR) is 117 cm³/mol. The normalized spacial score (nSPS) is 32.6. The third-order valence-electron chi connectivity index (χ3n) is 8.44. The van der Waals surface area contributed by atoms with Crippen LogP contribution in [0.5, 0.6) is 0 Å². The quantitative estimate of drug-likeness (QED) is 0.417. The highest BCUT2D eigenvalue weighted by Crippen LogP contribution is 2.49. The molecule has 156 valence electrons. The lowest BCUT2D eigenvalue weighted by Gasteiger charge is -2.45. The molecule has 0 spiro atoms. The third-order valence-corrected chi connectivity index (χ3v) is 8.73. The molecule has 28 heavy (non-hydrogen) atoms. The Kier molecular flexibility index (Phi) is 7.02. The van der Waals surface area contributed by atoms with Crippen molar-refractivity contribution in [1.82, 2.24) is 0 Å². The van der Waals surface area contributed by atoms with Crippen LogP contribution >= 0.6 is 11.6 Å². The molecule has 0 saturated heterocycles. The zero-order chi connectivity index (χ0) is 19.5. The van der Waals surface area contributed by atoms with Gasteiger partial charge >= 0.3 is 0 Å². The van der Waals surface area contributed by atoms with Crippen LogP contribution in [0.25, 0.3) is 0 Å². The van der Waals surface area contributed by atoms with Gasteiger partial charge in [0, 0.05) is 0 Å². The molecule has 5 unspecified atom stereocenters. The fraction of sp³-hybridized carbons (Fsp3) is 0.769. The van der Waals surface area contributed by atoms with Crippen molar-refractivity contribution in [3.05, 3.63) is 34.1 Å². The van der Waals surface area contributed by atoms with Crippen LogP contribution in [-0.4, -0.2) is 0 Å². The van der Waals surface area contributed by atoms with Crippen LogP contribution < -0.4 is 0 Å². The van der Waals surface area contributed by atoms with Crippen LogP contribution in [0.3, 0.4) is 0 Å². The highest BCUT2D eigenvalue weighted by molar-refractivity contribution is 6.30. The molecule has 1 aromatic rings. The summed E-state index contributed by atoms with van der Waals surface area (Å²) in [5, 5.41) is 0.296. The standard InChI is InChI=1S/C26H38ClF/c1-2-3-4-5-6-18-7-8-20-16-21(10-9-19(20)15-18)22-11-13-24-23(17-22)12-14-25(27)26(24)28/h12,14,18-22H,2-11,13,15-17H2,1H3. The topological polar surface area (TPSA) is 0 Å². The monoisotopic (exact) mass is 404 g/mol. The van der Waals surface area contributed by atoms with Crippen molar-refractivity contribution in [3.8, 4) is 0 Å². The van der Waals surface area contributed by atoms with E-state index in [4.69, 9.17) is 11.6 Å². The smallest absolute Gasteiger partial charge is 0.145 e. The summed E-state index contributed by atoms with van der Waals surface area (Å²) in [6.45, 7) is 2.31. The molecule has 0 amide bonds. The number of halogens is 2. The van der Waals surface area contributed by atoms with Gasteiger partial charge in [0.1, 0.15) is 5.82 Å². The van der Waals surface area contributed by atoms with Gasteiger partial charge in [-0.2, -0.15) is 0 Å². The van der Waals surface area contributed by atoms with E-state index in [1.807, 2.05) is 0 Å². The van der Waals surface area contributed by atoms with E-state index >= 15 is 0 Å². The van der Waals surface area contributed by atoms with Crippen molar-refractivity contribution in [2.45, 2.75) is 96.8 Å². The van der Waals surface area contributed by atoms with Crippen molar-refractivity contribution >= 4 is 11.6 Å². The first-order valence-electron chi connectivity index (χ1n) is 12.1. The second-order valence-corrected chi connectivity index (χ2v) is 10.5. The van der Waals surface area contributed by atoms with Gasteiger partial charge < -0.3 is 0 Å². The van der Waals surface area contributed by atoms with Gasteiger partial charge in [0.25, 0.3) is 0 Å². The number of hydrogen-bond acceptors (Lipinski definition) is 0. The van der Waals surface area contributed by atoms with Gasteiger partial charge in [0.15, 0.2) is 0 Å². The van der Waals surface area contributed by atoms with E-state index in [1.165, 1.54) is 76.2 Å². The SMILES string of the molecule is CCCCCCC1CCC2CC(C3CCc4c(ccc(Cl)c4F)C3)CCC2C1. The maximum Gasteiger partial charge on any atom is 0.145 e. The molecule has 0 aromatic heterocycles. The van der Waals surface area contributed by atoms with Crippen molar-refractivity contribution in [2.24, 2.45) is 29.6 Å². The molecule has 0 radical (unpaired) electrons. The average molecular weight is 405 g/mol. The molecule has 0 N–H and O–H groups in total. The lowest BCUT2D eigenvalue weighted by Crippen LogP contribution is -2.35. The Morgan fingerprint density at radius 3 is 2.46 bits per heavy atom. The van der Waals surface area contributed by atoms with Gasteiger partial charge in [-0.25, -0.2) is 4.39 Å². The summed E-state index contributed by atoms with van der Waals surface area (Å²) in [4.78, 5) is 0. The van der Waals surface area contributed by atoms with E-state index in [0.717, 1.165) is 54.4 Å². The highest BCUT2D eigenvalue weighted by atomic mass is 35.5. The molecule has 0 nitrogen and oxygen atoms in total. The van der Waals surface area contributed by atoms with E-state index in [0.29, 0.717) is 5.02 Å². The maximum atomic E-state index is 14.3. The van der Waals surface area contributed by atoms with Crippen LogP contribution in [0, 0.1) is 35.4 Å². The molecule has 4 rings (SSSR count). The molecule has 1 aromatic carbocycles. The van der Waals surface area contributed by atoms with Crippen molar-refractivity contribution in [2.75, 3.05) is 0 Å². The number of hydrogen-bond donors (Lipinski definition) is 0. The van der Waals surface area contributed by atoms with Crippen LogP contribution in [0.1, 0.15) is 95.1 Å². The molecule has 0 heterocycles. The van der Waals surface area contributed by atoms with E-state index in [-0.39, 0.29) is 5.82 Å². The second kappa shape index (κ2) is 9.50. The van der Waals surface area contributed by atoms with Gasteiger partial charge in [-0.3, -0.25) is 0 Å². The van der Waals surface area contributed by atoms with Crippen LogP contribution in [-0.2, 0) is 12.8 Å². The molecular formula is C26H38ClF. The van der Waals surface area contributed by atoms with Crippen LogP contribution in [0.2, 0.25) is 5.02 Å². The first-order valence-corrected chi connectivity index (χ1v) is 12.5. The minimum absolute atomic E-state index is 0.154. The lowest BCUT2D eigenvalue weighted by atomic mass is 9.61. The van der Waals surface area contributed by atoms with Crippen LogP contribution in [0.15, 0.2) is 12.1 Å². The van der Waals surface area contributed by atoms with Crippen molar-refractivity contribution in [1.29, 1.82) is 0 Å². The van der Waals surface area contributed by atoms with Gasteiger partial charge in [0.2, 0.25) is 0 Å². The predicted octanol–water partition coefficient (Wildman–Crippen LogP) is 8.39. The summed E-state index contributed by atoms with van der Waals surface area (Å²) < 4.78 is 14.3. The number of rotatable bonds is 6. The minimum atomic E-state index is -0.154. The molecular weight excluding hydrogens is 367 g/mol. The third kappa shape index (κ3) is 4.61. The Morgan fingerprint density at radius 1 is 0.893 bits per heavy atom. The van der Waals surface area contributed by atoms with Crippen molar-refractivity contribution < 1.29 is 4.39 Å². The maximum absolute atomic E-state index is 14.3. The van der Waals surface area contributed by atoms with E-state index in [9.17, 15) is 4.39 Å². The zero-order valence-corrected chi connectivity index (χ0v) is 18.5. The van der Waals surface area contributed by atoms with Gasteiger partial charge in [-0.05, 0) is 98.1 Å². The summed E-state index contributed by atoms with van der Waals surface area (Å²) in [7, 11) is 0. The minimum Gasteiger partial charge on any atom is -0.205 e. The summed E-state index contributed by atoms with van der Waals surface area (Å²) in [6, 6.07) is 3.85. The molecule has 2 heteroatoms. The Bertz CT molecular complexity index is 654. The van der Waals surface area contributed by atoms with Gasteiger partial charge in [-0.1, -0.05) is 63.1 Å². The van der Waals surface area contributed by atoms with Gasteiger partial charge in [0.05, 0.1) is 5.02 Å². The Hall–Kier alpha value is -0.560. The Balaban J connectivity index is 1.29. The summed E-state index contributed by atoms with van der Waals surface area (Å²) in [5.74, 6) is 4.49. The van der Waals surface area contributed by atoms with Gasteiger partial charge in [-0.15, -0.1) is 0 Å². The second-order valence-electron chi connectivity index (χ2n) is 10.1. The molecule has 0 aliphatic heterocycles. The highest BCUT2D eigenvalue weighted by Gasteiger charge is 2.38. The fourth-order valence-electron chi connectivity index (χ4n) is 6.78. The summed E-state index contributed by atoms with van der Waals surface area (Å²) in [6.07, 6.45) is 19.1. The first-order chi connectivity index (χ1) is 13.7. The molecule has 5 atom stereocenters. The number of benzene rings is 1. The average Bonchev–Trinajstić information content (AvgIpc) is 2.73. The van der Waals surface area contributed by atoms with Crippen LogP contribution in [0.4, 0.5) is 4.39 Å². The first kappa shape index (κ1) is 20.7. The van der Waals surface area contributed by atoms with E-state index < -0.39 is 0 Å². The lowest BCUT2D eigenvalue weighted by molar-refractivity contribution is 0.0688. The number of unbranched alkanes of at least 4 members (excludes halogenated alkanes) is 3. The summed E-state index contributed by atoms with van der Waals surface area (Å²) >= 11 is 5.99. The Morgan fingerprint density at radius 2 is 1.64 bits per heavy atom. The van der Waals surface area contributed by atoms with Crippen molar-refractivity contribution in [3.63, 3.8) is 0 Å². The molecule has 2 saturated carbocycles. The fourth-order valence-corrected chi connectivity index (χ4v) is 6.96. The molecule has 2 fully saturated rings. The molecule has 0 bridgehead atoms. The summed E-state index contributed by atoms with van der Waals surface area (Å²) in [5.41, 5.74) is 2.14. The largest absolute Gasteiger partial charge is 0.205 e. The molecule has 3 aliphatic carbocycles. The van der Waals surface area contributed by atoms with E-state index in [1.54, 1.807) is 6.07 Å². The number of fused-ring (bicyclic) bond motifs is 2. The Labute approximate surface area is 176 Å². The van der Waals surface area contributed by atoms with E-state index in [2.05, 4.69) is 13.0 Å².